The van der Waals surface area contributed by atoms with Crippen molar-refractivity contribution in [3.8, 4) is 0 Å². The molecule has 0 bridgehead atoms. The molecule has 1 aromatic rings. The van der Waals surface area contributed by atoms with Gasteiger partial charge in [0.15, 0.2) is 0 Å². The van der Waals surface area contributed by atoms with Crippen LogP contribution in [0.25, 0.3) is 0 Å². The zero-order chi connectivity index (χ0) is 14.5. The van der Waals surface area contributed by atoms with Crippen LogP contribution >= 0.6 is 15.9 Å². The van der Waals surface area contributed by atoms with Gasteiger partial charge in [0, 0.05) is 22.7 Å². The third-order valence-corrected chi connectivity index (χ3v) is 4.21. The average molecular weight is 343 g/mol. The number of rotatable bonds is 5. The van der Waals surface area contributed by atoms with Crippen LogP contribution in [0, 0.1) is 0 Å². The fourth-order valence-corrected chi connectivity index (χ4v) is 3.02. The smallest absolute Gasteiger partial charge is 0.0755 e. The molecule has 1 aliphatic rings. The molecule has 2 rings (SSSR count). The second kappa shape index (κ2) is 7.41. The highest BCUT2D eigenvalue weighted by molar-refractivity contribution is 9.10. The number of nitrogens with one attached hydrogen (secondary N) is 1. The monoisotopic (exact) mass is 342 g/mol. The highest BCUT2D eigenvalue weighted by Crippen LogP contribution is 2.31. The van der Waals surface area contributed by atoms with Crippen LogP contribution in [0.15, 0.2) is 22.7 Å². The first-order valence-electron chi connectivity index (χ1n) is 7.15. The van der Waals surface area contributed by atoms with E-state index in [2.05, 4.69) is 58.2 Å². The standard InChI is InChI=1S/C15H23BrN2O2/c1-3-17-11(2)14-5-4-12(16)8-15(14)18-6-7-20-10-13(18)9-19/h4-5,8,11,13,17,19H,3,6-7,9-10H2,1-2H3. The first-order chi connectivity index (χ1) is 9.67. The number of halogens is 1. The van der Waals surface area contributed by atoms with Crippen molar-refractivity contribution in [1.29, 1.82) is 0 Å². The van der Waals surface area contributed by atoms with E-state index in [1.54, 1.807) is 0 Å². The normalized spacial score (nSPS) is 21.0. The van der Waals surface area contributed by atoms with Gasteiger partial charge in [-0.1, -0.05) is 28.9 Å². The molecule has 1 aromatic carbocycles. The summed E-state index contributed by atoms with van der Waals surface area (Å²) in [5.74, 6) is 0. The highest BCUT2D eigenvalue weighted by atomic mass is 79.9. The van der Waals surface area contributed by atoms with Gasteiger partial charge in [0.05, 0.1) is 25.9 Å². The van der Waals surface area contributed by atoms with E-state index >= 15 is 0 Å². The number of aliphatic hydroxyl groups excluding tert-OH is 1. The van der Waals surface area contributed by atoms with Gasteiger partial charge in [0.1, 0.15) is 0 Å². The Morgan fingerprint density at radius 2 is 2.35 bits per heavy atom. The maximum Gasteiger partial charge on any atom is 0.0755 e. The maximum absolute atomic E-state index is 9.58. The summed E-state index contributed by atoms with van der Waals surface area (Å²) in [7, 11) is 0. The Labute approximate surface area is 129 Å². The fraction of sp³-hybridized carbons (Fsp3) is 0.600. The van der Waals surface area contributed by atoms with Crippen molar-refractivity contribution in [1.82, 2.24) is 5.32 Å². The molecular weight excluding hydrogens is 320 g/mol. The first-order valence-corrected chi connectivity index (χ1v) is 7.94. The van der Waals surface area contributed by atoms with Crippen LogP contribution in [0.3, 0.4) is 0 Å². The lowest BCUT2D eigenvalue weighted by atomic mass is 10.0. The van der Waals surface area contributed by atoms with E-state index in [4.69, 9.17) is 4.74 Å². The predicted octanol–water partition coefficient (Wildman–Crippen LogP) is 2.32. The van der Waals surface area contributed by atoms with Crippen molar-refractivity contribution in [2.75, 3.05) is 37.8 Å². The van der Waals surface area contributed by atoms with E-state index in [-0.39, 0.29) is 18.7 Å². The highest BCUT2D eigenvalue weighted by Gasteiger charge is 2.25. The minimum Gasteiger partial charge on any atom is -0.394 e. The van der Waals surface area contributed by atoms with E-state index in [9.17, 15) is 5.11 Å². The summed E-state index contributed by atoms with van der Waals surface area (Å²) in [6.07, 6.45) is 0. The Kier molecular flexibility index (Phi) is 5.84. The second-order valence-corrected chi connectivity index (χ2v) is 6.00. The Morgan fingerprint density at radius 1 is 1.55 bits per heavy atom. The molecule has 4 nitrogen and oxygen atoms in total. The molecule has 0 saturated carbocycles. The molecule has 5 heteroatoms. The number of morpholine rings is 1. The summed E-state index contributed by atoms with van der Waals surface area (Å²) >= 11 is 3.55. The van der Waals surface area contributed by atoms with E-state index in [1.807, 2.05) is 0 Å². The summed E-state index contributed by atoms with van der Waals surface area (Å²) in [6.45, 7) is 7.43. The zero-order valence-corrected chi connectivity index (χ0v) is 13.7. The molecule has 2 N–H and O–H groups in total. The van der Waals surface area contributed by atoms with Gasteiger partial charge < -0.3 is 20.1 Å². The molecule has 0 aliphatic carbocycles. The minimum absolute atomic E-state index is 0.0330. The molecule has 112 valence electrons. The van der Waals surface area contributed by atoms with Gasteiger partial charge in [-0.25, -0.2) is 0 Å². The van der Waals surface area contributed by atoms with Crippen molar-refractivity contribution < 1.29 is 9.84 Å². The van der Waals surface area contributed by atoms with Crippen LogP contribution in [-0.4, -0.2) is 44.1 Å². The topological polar surface area (TPSA) is 44.7 Å². The maximum atomic E-state index is 9.58. The summed E-state index contributed by atoms with van der Waals surface area (Å²) < 4.78 is 6.53. The van der Waals surface area contributed by atoms with Gasteiger partial charge in [0.2, 0.25) is 0 Å². The number of hydrogen-bond donors (Lipinski definition) is 2. The van der Waals surface area contributed by atoms with Crippen molar-refractivity contribution in [3.05, 3.63) is 28.2 Å². The largest absolute Gasteiger partial charge is 0.394 e. The van der Waals surface area contributed by atoms with Gasteiger partial charge >= 0.3 is 0 Å². The third kappa shape index (κ3) is 3.52. The predicted molar refractivity (Wildman–Crippen MR) is 85.3 cm³/mol. The number of nitrogens with zero attached hydrogens (tertiary/aromatic N) is 1. The SMILES string of the molecule is CCNC(C)c1ccc(Br)cc1N1CCOCC1CO. The van der Waals surface area contributed by atoms with Crippen LogP contribution in [0.1, 0.15) is 25.5 Å². The molecular formula is C15H23BrN2O2. The van der Waals surface area contributed by atoms with Gasteiger partial charge in [-0.3, -0.25) is 0 Å². The summed E-state index contributed by atoms with van der Waals surface area (Å²) in [6, 6.07) is 6.67. The lowest BCUT2D eigenvalue weighted by molar-refractivity contribution is 0.0726. The van der Waals surface area contributed by atoms with E-state index < -0.39 is 0 Å². The van der Waals surface area contributed by atoms with Crippen LogP contribution in [0.2, 0.25) is 0 Å². The average Bonchev–Trinajstić information content (AvgIpc) is 2.47. The number of hydrogen-bond acceptors (Lipinski definition) is 4. The van der Waals surface area contributed by atoms with E-state index in [0.29, 0.717) is 13.2 Å². The zero-order valence-electron chi connectivity index (χ0n) is 12.1. The van der Waals surface area contributed by atoms with Crippen molar-refractivity contribution in [3.63, 3.8) is 0 Å². The van der Waals surface area contributed by atoms with Gasteiger partial charge in [-0.05, 0) is 31.2 Å². The molecule has 20 heavy (non-hydrogen) atoms. The first kappa shape index (κ1) is 15.8. The van der Waals surface area contributed by atoms with Crippen molar-refractivity contribution >= 4 is 21.6 Å². The van der Waals surface area contributed by atoms with E-state index in [1.165, 1.54) is 11.3 Å². The Balaban J connectivity index is 2.34. The number of anilines is 1. The molecule has 1 saturated heterocycles. The van der Waals surface area contributed by atoms with Crippen molar-refractivity contribution in [2.45, 2.75) is 25.9 Å². The van der Waals surface area contributed by atoms with Crippen LogP contribution < -0.4 is 10.2 Å². The summed E-state index contributed by atoms with van der Waals surface area (Å²) in [5, 5.41) is 13.0. The summed E-state index contributed by atoms with van der Waals surface area (Å²) in [4.78, 5) is 2.26. The Morgan fingerprint density at radius 3 is 3.05 bits per heavy atom. The number of benzene rings is 1. The van der Waals surface area contributed by atoms with Crippen LogP contribution in [-0.2, 0) is 4.74 Å². The van der Waals surface area contributed by atoms with Crippen LogP contribution in [0.4, 0.5) is 5.69 Å². The molecule has 1 aliphatic heterocycles. The lowest BCUT2D eigenvalue weighted by Gasteiger charge is -2.38. The molecule has 0 radical (unpaired) electrons. The minimum atomic E-state index is 0.0330. The van der Waals surface area contributed by atoms with Gasteiger partial charge in [-0.2, -0.15) is 0 Å². The molecule has 0 aromatic heterocycles. The van der Waals surface area contributed by atoms with Crippen LogP contribution in [0.5, 0.6) is 0 Å². The van der Waals surface area contributed by atoms with Gasteiger partial charge in [0.25, 0.3) is 0 Å². The molecule has 0 amide bonds. The molecule has 1 fully saturated rings. The Hall–Kier alpha value is -0.620. The third-order valence-electron chi connectivity index (χ3n) is 3.72. The number of ether oxygens (including phenoxy) is 1. The molecule has 2 unspecified atom stereocenters. The quantitative estimate of drug-likeness (QED) is 0.861. The van der Waals surface area contributed by atoms with E-state index in [0.717, 1.165) is 17.6 Å². The molecule has 2 atom stereocenters. The summed E-state index contributed by atoms with van der Waals surface area (Å²) in [5.41, 5.74) is 2.44. The lowest BCUT2D eigenvalue weighted by Crippen LogP contribution is -2.48. The molecule has 1 heterocycles. The number of aliphatic hydroxyl groups is 1. The van der Waals surface area contributed by atoms with Crippen molar-refractivity contribution in [2.24, 2.45) is 0 Å². The fourth-order valence-electron chi connectivity index (χ4n) is 2.67. The Bertz CT molecular complexity index is 442. The molecule has 0 spiro atoms. The van der Waals surface area contributed by atoms with Gasteiger partial charge in [-0.15, -0.1) is 0 Å². The second-order valence-electron chi connectivity index (χ2n) is 5.09.